The molecular weight excluding hydrogens is 268 g/mol. The minimum atomic E-state index is -0.215. The van der Waals surface area contributed by atoms with Gasteiger partial charge in [-0.05, 0) is 37.1 Å². The standard InChI is InChI=1S/C12H15BrN2O/c1-8-5-10(6-9(2)11(8)13)12(16)14-7-15(3)4/h5-7H,1-4H3/b14-7+. The number of hydrogen-bond donors (Lipinski definition) is 0. The Bertz CT molecular complexity index is 416. The lowest BCUT2D eigenvalue weighted by molar-refractivity contribution is 0.100. The van der Waals surface area contributed by atoms with Gasteiger partial charge in [-0.1, -0.05) is 15.9 Å². The molecule has 0 bridgehead atoms. The molecule has 0 aliphatic heterocycles. The predicted octanol–water partition coefficient (Wildman–Crippen LogP) is 2.80. The van der Waals surface area contributed by atoms with Gasteiger partial charge in [-0.2, -0.15) is 4.99 Å². The summed E-state index contributed by atoms with van der Waals surface area (Å²) < 4.78 is 1.04. The van der Waals surface area contributed by atoms with Gasteiger partial charge in [0.25, 0.3) is 5.91 Å². The van der Waals surface area contributed by atoms with E-state index < -0.39 is 0 Å². The second-order valence-corrected chi connectivity index (χ2v) is 4.73. The summed E-state index contributed by atoms with van der Waals surface area (Å²) in [5.74, 6) is -0.215. The Morgan fingerprint density at radius 1 is 1.31 bits per heavy atom. The Kier molecular flexibility index (Phi) is 4.24. The highest BCUT2D eigenvalue weighted by atomic mass is 79.9. The molecule has 0 aliphatic rings. The fourth-order valence-electron chi connectivity index (χ4n) is 1.31. The zero-order chi connectivity index (χ0) is 12.3. The largest absolute Gasteiger partial charge is 0.369 e. The molecule has 0 N–H and O–H groups in total. The van der Waals surface area contributed by atoms with Crippen molar-refractivity contribution in [1.82, 2.24) is 4.90 Å². The van der Waals surface area contributed by atoms with Gasteiger partial charge < -0.3 is 4.90 Å². The lowest BCUT2D eigenvalue weighted by Gasteiger charge is -2.06. The highest BCUT2D eigenvalue weighted by molar-refractivity contribution is 9.10. The molecule has 1 amide bonds. The molecule has 0 fully saturated rings. The first-order chi connectivity index (χ1) is 7.41. The second-order valence-electron chi connectivity index (χ2n) is 3.94. The van der Waals surface area contributed by atoms with E-state index in [4.69, 9.17) is 0 Å². The third-order valence-corrected chi connectivity index (χ3v) is 3.34. The number of aryl methyl sites for hydroxylation is 2. The van der Waals surface area contributed by atoms with Gasteiger partial charge in [-0.15, -0.1) is 0 Å². The van der Waals surface area contributed by atoms with Gasteiger partial charge in [-0.3, -0.25) is 4.79 Å². The molecule has 0 aliphatic carbocycles. The van der Waals surface area contributed by atoms with Crippen LogP contribution in [-0.4, -0.2) is 31.2 Å². The van der Waals surface area contributed by atoms with Crippen LogP contribution < -0.4 is 0 Å². The number of aliphatic imine (C=N–C) groups is 1. The van der Waals surface area contributed by atoms with Crippen LogP contribution in [0.5, 0.6) is 0 Å². The Morgan fingerprint density at radius 3 is 2.25 bits per heavy atom. The topological polar surface area (TPSA) is 32.7 Å². The molecule has 0 radical (unpaired) electrons. The molecule has 0 saturated heterocycles. The number of nitrogens with zero attached hydrogens (tertiary/aromatic N) is 2. The Balaban J connectivity index is 3.02. The van der Waals surface area contributed by atoms with E-state index >= 15 is 0 Å². The minimum absolute atomic E-state index is 0.215. The van der Waals surface area contributed by atoms with Crippen LogP contribution in [0, 0.1) is 13.8 Å². The molecule has 0 atom stereocenters. The first kappa shape index (κ1) is 12.9. The average Bonchev–Trinajstić information content (AvgIpc) is 2.21. The van der Waals surface area contributed by atoms with E-state index in [1.165, 1.54) is 6.34 Å². The molecule has 86 valence electrons. The normalized spacial score (nSPS) is 10.8. The van der Waals surface area contributed by atoms with Crippen LogP contribution >= 0.6 is 15.9 Å². The Hall–Kier alpha value is -1.16. The van der Waals surface area contributed by atoms with Gasteiger partial charge in [0, 0.05) is 24.1 Å². The Labute approximate surface area is 104 Å². The summed E-state index contributed by atoms with van der Waals surface area (Å²) in [4.78, 5) is 17.3. The number of carbonyl (C=O) groups is 1. The highest BCUT2D eigenvalue weighted by Gasteiger charge is 2.07. The summed E-state index contributed by atoms with van der Waals surface area (Å²) in [6.45, 7) is 3.92. The van der Waals surface area contributed by atoms with Crippen molar-refractivity contribution in [3.8, 4) is 0 Å². The van der Waals surface area contributed by atoms with Crippen molar-refractivity contribution in [3.63, 3.8) is 0 Å². The number of hydrogen-bond acceptors (Lipinski definition) is 1. The quantitative estimate of drug-likeness (QED) is 0.617. The van der Waals surface area contributed by atoms with Gasteiger partial charge in [0.1, 0.15) is 0 Å². The van der Waals surface area contributed by atoms with Crippen LogP contribution in [0.25, 0.3) is 0 Å². The van der Waals surface area contributed by atoms with Gasteiger partial charge in [-0.25, -0.2) is 0 Å². The molecular formula is C12H15BrN2O. The highest BCUT2D eigenvalue weighted by Crippen LogP contribution is 2.22. The number of carbonyl (C=O) groups excluding carboxylic acids is 1. The monoisotopic (exact) mass is 282 g/mol. The number of benzene rings is 1. The van der Waals surface area contributed by atoms with Crippen molar-refractivity contribution in [2.45, 2.75) is 13.8 Å². The van der Waals surface area contributed by atoms with Crippen molar-refractivity contribution in [1.29, 1.82) is 0 Å². The van der Waals surface area contributed by atoms with Crippen LogP contribution in [0.4, 0.5) is 0 Å². The molecule has 4 heteroatoms. The molecule has 0 aromatic heterocycles. The summed E-state index contributed by atoms with van der Waals surface area (Å²) in [6, 6.07) is 3.68. The van der Waals surface area contributed by atoms with E-state index in [-0.39, 0.29) is 5.91 Å². The smallest absolute Gasteiger partial charge is 0.278 e. The second kappa shape index (κ2) is 5.25. The first-order valence-electron chi connectivity index (χ1n) is 4.93. The van der Waals surface area contributed by atoms with Crippen molar-refractivity contribution in [2.75, 3.05) is 14.1 Å². The fraction of sp³-hybridized carbons (Fsp3) is 0.333. The molecule has 1 aromatic carbocycles. The summed E-state index contributed by atoms with van der Waals surface area (Å²) in [7, 11) is 3.66. The molecule has 0 heterocycles. The van der Waals surface area contributed by atoms with Crippen LogP contribution in [0.3, 0.4) is 0 Å². The third kappa shape index (κ3) is 3.17. The molecule has 0 unspecified atom stereocenters. The molecule has 1 aromatic rings. The van der Waals surface area contributed by atoms with E-state index in [9.17, 15) is 4.79 Å². The number of rotatable bonds is 2. The van der Waals surface area contributed by atoms with E-state index in [0.717, 1.165) is 15.6 Å². The van der Waals surface area contributed by atoms with Gasteiger partial charge >= 0.3 is 0 Å². The minimum Gasteiger partial charge on any atom is -0.369 e. The van der Waals surface area contributed by atoms with Crippen molar-refractivity contribution in [3.05, 3.63) is 33.3 Å². The molecule has 3 nitrogen and oxygen atoms in total. The summed E-state index contributed by atoms with van der Waals surface area (Å²) >= 11 is 3.47. The lowest BCUT2D eigenvalue weighted by Crippen LogP contribution is -2.10. The molecule has 16 heavy (non-hydrogen) atoms. The van der Waals surface area contributed by atoms with Crippen LogP contribution in [0.15, 0.2) is 21.6 Å². The van der Waals surface area contributed by atoms with Gasteiger partial charge in [0.2, 0.25) is 0 Å². The zero-order valence-electron chi connectivity index (χ0n) is 9.91. The van der Waals surface area contributed by atoms with Gasteiger partial charge in [0.05, 0.1) is 6.34 Å². The van der Waals surface area contributed by atoms with E-state index in [1.807, 2.05) is 40.1 Å². The first-order valence-corrected chi connectivity index (χ1v) is 5.73. The molecule has 0 saturated carbocycles. The number of amides is 1. The maximum Gasteiger partial charge on any atom is 0.278 e. The summed E-state index contributed by atoms with van der Waals surface area (Å²) in [5.41, 5.74) is 2.71. The van der Waals surface area contributed by atoms with Crippen LogP contribution in [0.2, 0.25) is 0 Å². The third-order valence-electron chi connectivity index (χ3n) is 2.09. The zero-order valence-corrected chi connectivity index (χ0v) is 11.5. The van der Waals surface area contributed by atoms with E-state index in [1.54, 1.807) is 4.90 Å². The predicted molar refractivity (Wildman–Crippen MR) is 70.1 cm³/mol. The molecule has 0 spiro atoms. The lowest BCUT2D eigenvalue weighted by atomic mass is 10.1. The van der Waals surface area contributed by atoms with Gasteiger partial charge in [0.15, 0.2) is 0 Å². The van der Waals surface area contributed by atoms with Crippen molar-refractivity contribution in [2.24, 2.45) is 4.99 Å². The summed E-state index contributed by atoms with van der Waals surface area (Å²) in [5, 5.41) is 0. The van der Waals surface area contributed by atoms with Crippen LogP contribution in [-0.2, 0) is 0 Å². The number of halogens is 1. The van der Waals surface area contributed by atoms with Crippen molar-refractivity contribution < 1.29 is 4.79 Å². The summed E-state index contributed by atoms with van der Waals surface area (Å²) in [6.07, 6.45) is 1.51. The maximum absolute atomic E-state index is 11.7. The Morgan fingerprint density at radius 2 is 1.81 bits per heavy atom. The molecule has 1 rings (SSSR count). The van der Waals surface area contributed by atoms with E-state index in [0.29, 0.717) is 5.56 Å². The SMILES string of the molecule is Cc1cc(C(=O)/N=C/N(C)C)cc(C)c1Br. The van der Waals surface area contributed by atoms with Crippen molar-refractivity contribution >= 4 is 28.2 Å². The maximum atomic E-state index is 11.7. The van der Waals surface area contributed by atoms with E-state index in [2.05, 4.69) is 20.9 Å². The average molecular weight is 283 g/mol. The fourth-order valence-corrected chi connectivity index (χ4v) is 1.54. The van der Waals surface area contributed by atoms with Crippen LogP contribution in [0.1, 0.15) is 21.5 Å².